The summed E-state index contributed by atoms with van der Waals surface area (Å²) in [6.45, 7) is 13.6. The molecule has 10 fully saturated rings. The number of phosphoric acid groups is 1. The lowest BCUT2D eigenvalue weighted by Gasteiger charge is -2.62. The normalized spacial score (nSPS) is 54.5. The van der Waals surface area contributed by atoms with E-state index in [9.17, 15) is 4.57 Å². The monoisotopic (exact) mass is 695 g/mol. The molecule has 272 valence electrons. The van der Waals surface area contributed by atoms with Crippen LogP contribution in [-0.2, 0) is 47.3 Å². The van der Waals surface area contributed by atoms with Crippen molar-refractivity contribution in [3.63, 3.8) is 0 Å². The third kappa shape index (κ3) is 5.02. The maximum atomic E-state index is 13.2. The molecular formula is C36H58NO10P. The van der Waals surface area contributed by atoms with E-state index in [0.29, 0.717) is 35.8 Å². The summed E-state index contributed by atoms with van der Waals surface area (Å²) >= 11 is 0. The summed E-state index contributed by atoms with van der Waals surface area (Å²) in [5, 5.41) is 4.64. The van der Waals surface area contributed by atoms with Gasteiger partial charge in [-0.1, -0.05) is 32.9 Å². The Morgan fingerprint density at radius 2 is 1.23 bits per heavy atom. The lowest BCUT2D eigenvalue weighted by Crippen LogP contribution is -2.71. The van der Waals surface area contributed by atoms with Crippen LogP contribution in [0.1, 0.15) is 112 Å². The van der Waals surface area contributed by atoms with E-state index in [1.807, 2.05) is 0 Å². The van der Waals surface area contributed by atoms with Crippen LogP contribution in [0.2, 0.25) is 0 Å². The van der Waals surface area contributed by atoms with Crippen LogP contribution in [0.15, 0.2) is 5.16 Å². The molecule has 2 spiro atoms. The number of phosphoric ester groups is 1. The molecule has 0 unspecified atom stereocenters. The maximum absolute atomic E-state index is 13.2. The van der Waals surface area contributed by atoms with Gasteiger partial charge in [0, 0.05) is 33.5 Å². The number of rotatable bonds is 7. The second kappa shape index (κ2) is 12.0. The molecule has 0 amide bonds. The highest BCUT2D eigenvalue weighted by Crippen LogP contribution is 2.64. The first-order valence-corrected chi connectivity index (χ1v) is 20.3. The third-order valence-electron chi connectivity index (χ3n) is 15.0. The summed E-state index contributed by atoms with van der Waals surface area (Å²) in [5.74, 6) is 2.55. The molecule has 0 aromatic carbocycles. The minimum atomic E-state index is -3.90. The van der Waals surface area contributed by atoms with Gasteiger partial charge in [-0.3, -0.25) is 13.7 Å². The van der Waals surface area contributed by atoms with E-state index >= 15 is 0 Å². The zero-order valence-electron chi connectivity index (χ0n) is 30.2. The number of hydrogen-bond acceptors (Lipinski definition) is 11. The highest BCUT2D eigenvalue weighted by molar-refractivity contribution is 7.48. The Morgan fingerprint density at radius 3 is 1.77 bits per heavy atom. The number of fused-ring (bicyclic) bond motifs is 4. The molecule has 48 heavy (non-hydrogen) atoms. The zero-order chi connectivity index (χ0) is 33.9. The van der Waals surface area contributed by atoms with Gasteiger partial charge < -0.3 is 9.47 Å². The van der Waals surface area contributed by atoms with E-state index in [4.69, 9.17) is 42.7 Å². The van der Waals surface area contributed by atoms with Crippen molar-refractivity contribution in [2.24, 2.45) is 52.5 Å². The van der Waals surface area contributed by atoms with E-state index in [1.165, 1.54) is 20.6 Å². The Labute approximate surface area is 286 Å². The van der Waals surface area contributed by atoms with Crippen LogP contribution < -0.4 is 0 Å². The molecule has 10 rings (SSSR count). The first-order valence-electron chi connectivity index (χ1n) is 18.8. The van der Waals surface area contributed by atoms with Crippen molar-refractivity contribution in [3.05, 3.63) is 0 Å². The zero-order valence-corrected chi connectivity index (χ0v) is 31.1. The van der Waals surface area contributed by atoms with Crippen molar-refractivity contribution in [3.8, 4) is 0 Å². The van der Waals surface area contributed by atoms with E-state index in [0.717, 1.165) is 57.8 Å². The number of hydrogen-bond donors (Lipinski definition) is 0. The first kappa shape index (κ1) is 34.5. The molecule has 0 radical (unpaired) electrons. The Morgan fingerprint density at radius 1 is 0.708 bits per heavy atom. The van der Waals surface area contributed by atoms with Gasteiger partial charge in [0.15, 0.2) is 0 Å². The number of oxime groups is 1. The van der Waals surface area contributed by atoms with E-state index in [-0.39, 0.29) is 53.7 Å². The minimum Gasteiger partial charge on any atom is -0.371 e. The smallest absolute Gasteiger partial charge is 0.371 e. The van der Waals surface area contributed by atoms with Gasteiger partial charge >= 0.3 is 7.82 Å². The lowest BCUT2D eigenvalue weighted by atomic mass is 9.55. The molecule has 6 saturated heterocycles. The van der Waals surface area contributed by atoms with Crippen molar-refractivity contribution in [1.29, 1.82) is 0 Å². The summed E-state index contributed by atoms with van der Waals surface area (Å²) < 4.78 is 43.6. The summed E-state index contributed by atoms with van der Waals surface area (Å²) in [6, 6.07) is 0. The largest absolute Gasteiger partial charge is 0.549 e. The summed E-state index contributed by atoms with van der Waals surface area (Å²) in [5.41, 5.74) is -1.03. The molecule has 0 N–H and O–H groups in total. The molecule has 4 aliphatic carbocycles. The molecule has 0 aromatic rings. The Bertz CT molecular complexity index is 1330. The van der Waals surface area contributed by atoms with Crippen LogP contribution in [0.5, 0.6) is 0 Å². The lowest BCUT2D eigenvalue weighted by molar-refractivity contribution is -0.487. The number of nitrogens with zero attached hydrogens (tertiary/aromatic N) is 1. The molecular weight excluding hydrogens is 637 g/mol. The Kier molecular flexibility index (Phi) is 8.58. The van der Waals surface area contributed by atoms with Crippen molar-refractivity contribution in [1.82, 2.24) is 0 Å². The Balaban J connectivity index is 1.14. The average molecular weight is 696 g/mol. The molecule has 4 bridgehead atoms. The topological polar surface area (TPSA) is 113 Å². The van der Waals surface area contributed by atoms with Crippen LogP contribution in [0, 0.1) is 47.3 Å². The Hall–Kier alpha value is -0.620. The van der Waals surface area contributed by atoms with Gasteiger partial charge in [0.1, 0.15) is 28.5 Å². The van der Waals surface area contributed by atoms with Crippen LogP contribution in [0.3, 0.4) is 0 Å². The molecule has 16 atom stereocenters. The fourth-order valence-electron chi connectivity index (χ4n) is 12.3. The van der Waals surface area contributed by atoms with Crippen LogP contribution >= 0.6 is 7.82 Å². The van der Waals surface area contributed by atoms with Crippen LogP contribution in [-0.4, -0.2) is 66.8 Å². The predicted octanol–water partition coefficient (Wildman–Crippen LogP) is 7.57. The maximum Gasteiger partial charge on any atom is 0.549 e. The quantitative estimate of drug-likeness (QED) is 0.114. The van der Waals surface area contributed by atoms with E-state index in [1.54, 1.807) is 0 Å². The summed E-state index contributed by atoms with van der Waals surface area (Å²) in [4.78, 5) is 25.6. The van der Waals surface area contributed by atoms with Gasteiger partial charge in [-0.25, -0.2) is 24.1 Å². The van der Waals surface area contributed by atoms with Crippen molar-refractivity contribution in [2.75, 3.05) is 14.2 Å². The molecule has 4 saturated carbocycles. The van der Waals surface area contributed by atoms with Crippen molar-refractivity contribution in [2.45, 2.75) is 159 Å². The van der Waals surface area contributed by atoms with Crippen molar-refractivity contribution < 1.29 is 47.3 Å². The van der Waals surface area contributed by atoms with Gasteiger partial charge in [0.25, 0.3) is 0 Å². The predicted molar refractivity (Wildman–Crippen MR) is 175 cm³/mol. The second-order valence-electron chi connectivity index (χ2n) is 17.6. The highest BCUT2D eigenvalue weighted by atomic mass is 31.2. The number of ether oxygens (including phenoxy) is 2. The molecule has 6 heterocycles. The van der Waals surface area contributed by atoms with Gasteiger partial charge in [0.05, 0.1) is 24.0 Å². The van der Waals surface area contributed by atoms with E-state index < -0.39 is 24.6 Å². The SMILES string of the molecule is COP(=O)(OC)O/N=C(/C[C@H]1O[C@@H]2C[C@@]3(C)CC[C@H]4[C@H](C)CC[C@@H]([C@H]1C)[C@@]24OO3)[C@H]1O[C@@H]2C[C@@]3(C)CC[C@H]4[C@H](C)CC[C@@H]([C@H]1C)[C@@]24OO3. The molecule has 12 heteroatoms. The van der Waals surface area contributed by atoms with Gasteiger partial charge in [-0.2, -0.15) is 0 Å². The highest BCUT2D eigenvalue weighted by Gasteiger charge is 2.70. The summed E-state index contributed by atoms with van der Waals surface area (Å²) in [6.07, 6.45) is 9.75. The minimum absolute atomic E-state index is 0.0452. The van der Waals surface area contributed by atoms with Gasteiger partial charge in [-0.15, -0.1) is 0 Å². The van der Waals surface area contributed by atoms with Crippen LogP contribution in [0.4, 0.5) is 0 Å². The first-order chi connectivity index (χ1) is 22.8. The van der Waals surface area contributed by atoms with E-state index in [2.05, 4.69) is 46.7 Å². The second-order valence-corrected chi connectivity index (χ2v) is 19.4. The fourth-order valence-corrected chi connectivity index (χ4v) is 12.8. The summed E-state index contributed by atoms with van der Waals surface area (Å²) in [7, 11) is -1.28. The van der Waals surface area contributed by atoms with Crippen molar-refractivity contribution >= 4 is 13.5 Å². The third-order valence-corrected chi connectivity index (χ3v) is 16.1. The molecule has 6 aliphatic heterocycles. The molecule has 11 nitrogen and oxygen atoms in total. The van der Waals surface area contributed by atoms with Gasteiger partial charge in [-0.05, 0) is 113 Å². The molecule has 0 aromatic heterocycles. The van der Waals surface area contributed by atoms with Crippen LogP contribution in [0.25, 0.3) is 0 Å². The van der Waals surface area contributed by atoms with Gasteiger partial charge in [0.2, 0.25) is 0 Å². The molecule has 10 aliphatic rings. The standard InChI is InChI=1S/C36H58NO10P/c1-20-9-11-26-22(3)29(41-30-18-33(5)15-13-24(20)35(26,30)45-43-33)17-28(37-47-48(38,39-7)40-8)32-23(4)27-12-10-21(2)25-14-16-34(6)19-31(42-32)36(25,27)46-44-34/h20-27,29-32H,9-19H2,1-8H3/b37-28-/t20-,21-,22-,23-,24+,25+,26+,27+,29-,30-,31-,32+,33-,34-,35-,36-/m1/s1. The average Bonchev–Trinajstić information content (AvgIpc) is 3.44. The fraction of sp³-hybridized carbons (Fsp3) is 0.972.